The summed E-state index contributed by atoms with van der Waals surface area (Å²) in [5.41, 5.74) is 2.79. The lowest BCUT2D eigenvalue weighted by atomic mass is 10.2. The van der Waals surface area contributed by atoms with Gasteiger partial charge < -0.3 is 4.90 Å². The van der Waals surface area contributed by atoms with Crippen LogP contribution in [0.2, 0.25) is 0 Å². The molecule has 0 atom stereocenters. The fourth-order valence-corrected chi connectivity index (χ4v) is 3.40. The minimum absolute atomic E-state index is 1.08. The number of anilines is 1. The third-order valence-corrected chi connectivity index (χ3v) is 4.52. The van der Waals surface area contributed by atoms with E-state index in [2.05, 4.69) is 59.7 Å². The van der Waals surface area contributed by atoms with Crippen molar-refractivity contribution < 1.29 is 0 Å². The van der Waals surface area contributed by atoms with Gasteiger partial charge in [0.2, 0.25) is 0 Å². The van der Waals surface area contributed by atoms with Crippen molar-refractivity contribution >= 4 is 17.4 Å². The Morgan fingerprint density at radius 3 is 2.22 bits per heavy atom. The Morgan fingerprint density at radius 2 is 1.67 bits per heavy atom. The minimum atomic E-state index is 1.08. The molecule has 100 valence electrons. The van der Waals surface area contributed by atoms with E-state index in [1.54, 1.807) is 0 Å². The average Bonchev–Trinajstić information content (AvgIpc) is 2.43. The fourth-order valence-electron chi connectivity index (χ4n) is 2.42. The smallest absolute Gasteiger partial charge is 0.0366 e. The molecule has 1 aliphatic rings. The normalized spacial score (nSPS) is 16.8. The maximum absolute atomic E-state index is 2.56. The lowest BCUT2D eigenvalue weighted by molar-refractivity contribution is 0.294. The van der Waals surface area contributed by atoms with Crippen molar-refractivity contribution in [2.75, 3.05) is 42.6 Å². The van der Waals surface area contributed by atoms with Gasteiger partial charge in [-0.25, -0.2) is 0 Å². The predicted molar refractivity (Wildman–Crippen MR) is 82.6 cm³/mol. The van der Waals surface area contributed by atoms with Crippen molar-refractivity contribution in [3.8, 4) is 0 Å². The summed E-state index contributed by atoms with van der Waals surface area (Å²) in [4.78, 5) is 4.95. The summed E-state index contributed by atoms with van der Waals surface area (Å²) in [5, 5.41) is 0. The lowest BCUT2D eigenvalue weighted by Gasteiger charge is -2.26. The van der Waals surface area contributed by atoms with Crippen LogP contribution >= 0.6 is 11.8 Å². The van der Waals surface area contributed by atoms with E-state index in [0.717, 1.165) is 19.6 Å². The molecule has 1 aromatic rings. The summed E-state index contributed by atoms with van der Waals surface area (Å²) < 4.78 is 0. The molecule has 0 radical (unpaired) electrons. The first-order valence-electron chi connectivity index (χ1n) is 6.97. The van der Waals surface area contributed by atoms with Gasteiger partial charge in [-0.3, -0.25) is 4.90 Å². The van der Waals surface area contributed by atoms with Gasteiger partial charge in [-0.05, 0) is 31.5 Å². The molecular weight excluding hydrogens is 240 g/mol. The maximum Gasteiger partial charge on any atom is 0.0366 e. The number of benzene rings is 1. The van der Waals surface area contributed by atoms with Gasteiger partial charge in [0.05, 0.1) is 0 Å². The van der Waals surface area contributed by atoms with Gasteiger partial charge in [0.25, 0.3) is 0 Å². The van der Waals surface area contributed by atoms with Crippen LogP contribution in [0.4, 0.5) is 5.69 Å². The summed E-state index contributed by atoms with van der Waals surface area (Å²) in [6.45, 7) is 10.2. The molecule has 1 heterocycles. The standard InChI is InChI=1S/C15H24N2S/c1-3-17(4-2)15-7-5-14(6-8-15)13-16-9-11-18-12-10-16/h5-8H,3-4,9-13H2,1-2H3. The van der Waals surface area contributed by atoms with Crippen LogP contribution in [0.1, 0.15) is 19.4 Å². The largest absolute Gasteiger partial charge is 0.372 e. The average molecular weight is 264 g/mol. The molecule has 1 saturated heterocycles. The second-order valence-corrected chi connectivity index (χ2v) is 5.95. The van der Waals surface area contributed by atoms with Crippen molar-refractivity contribution in [1.29, 1.82) is 0 Å². The number of hydrogen-bond donors (Lipinski definition) is 0. The third kappa shape index (κ3) is 3.66. The van der Waals surface area contributed by atoms with E-state index < -0.39 is 0 Å². The highest BCUT2D eigenvalue weighted by Crippen LogP contribution is 2.17. The van der Waals surface area contributed by atoms with Crippen LogP contribution in [0.3, 0.4) is 0 Å². The number of rotatable bonds is 5. The summed E-state index contributed by atoms with van der Waals surface area (Å²) in [6.07, 6.45) is 0. The number of thioether (sulfide) groups is 1. The molecule has 0 aliphatic carbocycles. The summed E-state index contributed by atoms with van der Waals surface area (Å²) in [6, 6.07) is 9.10. The van der Waals surface area contributed by atoms with Gasteiger partial charge in [-0.1, -0.05) is 12.1 Å². The highest BCUT2D eigenvalue weighted by molar-refractivity contribution is 7.99. The van der Waals surface area contributed by atoms with Crippen LogP contribution in [0.5, 0.6) is 0 Å². The van der Waals surface area contributed by atoms with Crippen molar-refractivity contribution in [2.24, 2.45) is 0 Å². The molecule has 1 fully saturated rings. The van der Waals surface area contributed by atoms with E-state index >= 15 is 0 Å². The van der Waals surface area contributed by atoms with E-state index in [1.807, 2.05) is 0 Å². The van der Waals surface area contributed by atoms with Gasteiger partial charge >= 0.3 is 0 Å². The van der Waals surface area contributed by atoms with Crippen LogP contribution in [0.25, 0.3) is 0 Å². The van der Waals surface area contributed by atoms with Crippen molar-refractivity contribution in [3.63, 3.8) is 0 Å². The van der Waals surface area contributed by atoms with E-state index in [9.17, 15) is 0 Å². The highest BCUT2D eigenvalue weighted by Gasteiger charge is 2.10. The lowest BCUT2D eigenvalue weighted by Crippen LogP contribution is -2.31. The van der Waals surface area contributed by atoms with Crippen LogP contribution < -0.4 is 4.90 Å². The Morgan fingerprint density at radius 1 is 1.06 bits per heavy atom. The Bertz CT molecular complexity index is 340. The van der Waals surface area contributed by atoms with Gasteiger partial charge in [0, 0.05) is 49.9 Å². The molecule has 0 spiro atoms. The molecule has 18 heavy (non-hydrogen) atoms. The molecular formula is C15H24N2S. The van der Waals surface area contributed by atoms with E-state index in [-0.39, 0.29) is 0 Å². The molecule has 1 aromatic carbocycles. The number of hydrogen-bond acceptors (Lipinski definition) is 3. The molecule has 1 aliphatic heterocycles. The monoisotopic (exact) mass is 264 g/mol. The zero-order valence-corrected chi connectivity index (χ0v) is 12.4. The van der Waals surface area contributed by atoms with Crippen LogP contribution in [-0.2, 0) is 6.54 Å². The molecule has 0 saturated carbocycles. The Labute approximate surface area is 115 Å². The van der Waals surface area contributed by atoms with Crippen molar-refractivity contribution in [2.45, 2.75) is 20.4 Å². The van der Waals surface area contributed by atoms with Gasteiger partial charge in [0.1, 0.15) is 0 Å². The van der Waals surface area contributed by atoms with Crippen LogP contribution in [0.15, 0.2) is 24.3 Å². The highest BCUT2D eigenvalue weighted by atomic mass is 32.2. The van der Waals surface area contributed by atoms with Gasteiger partial charge in [-0.2, -0.15) is 11.8 Å². The first-order valence-corrected chi connectivity index (χ1v) is 8.13. The van der Waals surface area contributed by atoms with Gasteiger partial charge in [-0.15, -0.1) is 0 Å². The van der Waals surface area contributed by atoms with Crippen LogP contribution in [-0.4, -0.2) is 42.6 Å². The van der Waals surface area contributed by atoms with Gasteiger partial charge in [0.15, 0.2) is 0 Å². The number of nitrogens with zero attached hydrogens (tertiary/aromatic N) is 2. The summed E-state index contributed by atoms with van der Waals surface area (Å²) in [5.74, 6) is 2.58. The third-order valence-electron chi connectivity index (χ3n) is 3.57. The quantitative estimate of drug-likeness (QED) is 0.807. The van der Waals surface area contributed by atoms with Crippen LogP contribution in [0, 0.1) is 0 Å². The molecule has 0 aromatic heterocycles. The molecule has 2 rings (SSSR count). The van der Waals surface area contributed by atoms with E-state index in [1.165, 1.54) is 35.8 Å². The van der Waals surface area contributed by atoms with Crippen molar-refractivity contribution in [1.82, 2.24) is 4.90 Å². The van der Waals surface area contributed by atoms with E-state index in [0.29, 0.717) is 0 Å². The molecule has 0 N–H and O–H groups in total. The second-order valence-electron chi connectivity index (χ2n) is 4.73. The zero-order valence-electron chi connectivity index (χ0n) is 11.6. The topological polar surface area (TPSA) is 6.48 Å². The summed E-state index contributed by atoms with van der Waals surface area (Å²) in [7, 11) is 0. The second kappa shape index (κ2) is 7.05. The maximum atomic E-state index is 2.56. The molecule has 0 bridgehead atoms. The Kier molecular flexibility index (Phi) is 5.39. The first-order chi connectivity index (χ1) is 8.83. The molecule has 0 amide bonds. The zero-order chi connectivity index (χ0) is 12.8. The molecule has 2 nitrogen and oxygen atoms in total. The fraction of sp³-hybridized carbons (Fsp3) is 0.600. The Hall–Kier alpha value is -0.670. The molecule has 3 heteroatoms. The SMILES string of the molecule is CCN(CC)c1ccc(CN2CCSCC2)cc1. The predicted octanol–water partition coefficient (Wildman–Crippen LogP) is 3.08. The molecule has 0 unspecified atom stereocenters. The minimum Gasteiger partial charge on any atom is -0.372 e. The van der Waals surface area contributed by atoms with E-state index in [4.69, 9.17) is 0 Å². The summed E-state index contributed by atoms with van der Waals surface area (Å²) >= 11 is 2.07. The Balaban J connectivity index is 1.94. The first kappa shape index (κ1) is 13.8. The van der Waals surface area contributed by atoms with Crippen molar-refractivity contribution in [3.05, 3.63) is 29.8 Å².